The van der Waals surface area contributed by atoms with Crippen LogP contribution >= 0.6 is 0 Å². The van der Waals surface area contributed by atoms with Gasteiger partial charge >= 0.3 is 0 Å². The summed E-state index contributed by atoms with van der Waals surface area (Å²) in [5.41, 5.74) is 15.5. The number of nitrogens with one attached hydrogen (secondary N) is 3. The molecule has 0 saturated heterocycles. The molecule has 0 saturated carbocycles. The highest BCUT2D eigenvalue weighted by Crippen LogP contribution is 2.16. The second kappa shape index (κ2) is 10.7. The van der Waals surface area contributed by atoms with E-state index in [1.54, 1.807) is 36.4 Å². The number of anilines is 1. The number of benzene rings is 2. The van der Waals surface area contributed by atoms with Crippen LogP contribution in [0.25, 0.3) is 0 Å². The lowest BCUT2D eigenvalue weighted by molar-refractivity contribution is -0.130. The Bertz CT molecular complexity index is 993. The van der Waals surface area contributed by atoms with Gasteiger partial charge in [0.1, 0.15) is 6.04 Å². The molecule has 0 fully saturated rings. The Morgan fingerprint density at radius 1 is 1.03 bits per heavy atom. The van der Waals surface area contributed by atoms with Gasteiger partial charge in [0.2, 0.25) is 5.91 Å². The van der Waals surface area contributed by atoms with E-state index in [0.717, 1.165) is 11.1 Å². The van der Waals surface area contributed by atoms with Crippen LogP contribution in [0.3, 0.4) is 0 Å². The summed E-state index contributed by atoms with van der Waals surface area (Å²) >= 11 is 0. The van der Waals surface area contributed by atoms with Crippen LogP contribution < -0.4 is 27.6 Å². The third kappa shape index (κ3) is 6.15. The molecule has 8 N–H and O–H groups in total. The lowest BCUT2D eigenvalue weighted by atomic mass is 10.1. The Labute approximate surface area is 173 Å². The quantitative estimate of drug-likeness (QED) is 0.221. The second-order valence-electron chi connectivity index (χ2n) is 6.35. The van der Waals surface area contributed by atoms with Crippen LogP contribution in [-0.2, 0) is 9.59 Å². The zero-order valence-electron chi connectivity index (χ0n) is 16.4. The first kappa shape index (κ1) is 22.6. The third-order valence-electron chi connectivity index (χ3n) is 4.15. The first-order chi connectivity index (χ1) is 14.4. The Balaban J connectivity index is 2.07. The zero-order valence-corrected chi connectivity index (χ0v) is 16.4. The van der Waals surface area contributed by atoms with Crippen molar-refractivity contribution in [2.24, 2.45) is 11.5 Å². The maximum Gasteiger partial charge on any atom is 0.267 e. The minimum Gasteiger partial charge on any atom is -0.339 e. The number of amides is 3. The summed E-state index contributed by atoms with van der Waals surface area (Å²) in [6.45, 7) is 1.61. The van der Waals surface area contributed by atoms with E-state index in [1.807, 2.05) is 13.0 Å². The first-order valence-electron chi connectivity index (χ1n) is 9.05. The van der Waals surface area contributed by atoms with E-state index in [2.05, 4.69) is 22.5 Å². The predicted molar refractivity (Wildman–Crippen MR) is 112 cm³/mol. The molecule has 9 heteroatoms. The highest BCUT2D eigenvalue weighted by molar-refractivity contribution is 5.97. The average Bonchev–Trinajstić information content (AvgIpc) is 2.77. The first-order valence-corrected chi connectivity index (χ1v) is 9.05. The number of rotatable bonds is 6. The number of hydroxylamine groups is 1. The molecule has 0 aliphatic rings. The summed E-state index contributed by atoms with van der Waals surface area (Å²) in [5.74, 6) is 4.46. The van der Waals surface area contributed by atoms with Crippen molar-refractivity contribution < 1.29 is 19.6 Å². The molecule has 9 nitrogen and oxygen atoms in total. The van der Waals surface area contributed by atoms with Gasteiger partial charge in [-0.05, 0) is 55.0 Å². The molecule has 1 atom stereocenters. The summed E-state index contributed by atoms with van der Waals surface area (Å²) in [6, 6.07) is 10.8. The Morgan fingerprint density at radius 2 is 1.67 bits per heavy atom. The average molecular weight is 409 g/mol. The normalized spacial score (nSPS) is 10.9. The van der Waals surface area contributed by atoms with Crippen molar-refractivity contribution in [1.29, 1.82) is 0 Å². The van der Waals surface area contributed by atoms with Crippen molar-refractivity contribution in [3.63, 3.8) is 0 Å². The number of carbonyl (C=O) groups excluding carboxylic acids is 3. The van der Waals surface area contributed by atoms with Gasteiger partial charge in [0.15, 0.2) is 0 Å². The molecule has 0 aromatic heterocycles. The van der Waals surface area contributed by atoms with Gasteiger partial charge in [-0.1, -0.05) is 11.8 Å². The standard InChI is InChI=1S/C21H23N5O4/c1-13-10-15(6-9-17(13)24-19(27)12-23)3-2-14-4-7-16(8-5-14)20(28)25-18(11-22)21(29)26-30/h4-10,18,30H,11-12,22-23H2,1H3,(H,24,27)(H,25,28)(H,26,29)/t18-/m0/s1. The van der Waals surface area contributed by atoms with Crippen LogP contribution in [-0.4, -0.2) is 42.1 Å². The fourth-order valence-corrected chi connectivity index (χ4v) is 2.48. The molecule has 0 bridgehead atoms. The largest absolute Gasteiger partial charge is 0.339 e. The monoisotopic (exact) mass is 409 g/mol. The van der Waals surface area contributed by atoms with E-state index in [1.165, 1.54) is 5.48 Å². The van der Waals surface area contributed by atoms with Gasteiger partial charge in [-0.2, -0.15) is 0 Å². The summed E-state index contributed by atoms with van der Waals surface area (Å²) in [4.78, 5) is 35.0. The number of hydrogen-bond donors (Lipinski definition) is 6. The number of nitrogens with two attached hydrogens (primary N) is 2. The van der Waals surface area contributed by atoms with Crippen molar-refractivity contribution >= 4 is 23.4 Å². The third-order valence-corrected chi connectivity index (χ3v) is 4.15. The van der Waals surface area contributed by atoms with Crippen molar-refractivity contribution in [3.05, 3.63) is 64.7 Å². The minimum atomic E-state index is -1.04. The van der Waals surface area contributed by atoms with E-state index in [9.17, 15) is 14.4 Å². The molecule has 0 radical (unpaired) electrons. The van der Waals surface area contributed by atoms with Crippen LogP contribution in [0.4, 0.5) is 5.69 Å². The number of hydrogen-bond acceptors (Lipinski definition) is 6. The highest BCUT2D eigenvalue weighted by Gasteiger charge is 2.19. The number of aryl methyl sites for hydroxylation is 1. The van der Waals surface area contributed by atoms with E-state index < -0.39 is 17.9 Å². The van der Waals surface area contributed by atoms with Gasteiger partial charge in [-0.3, -0.25) is 19.6 Å². The van der Waals surface area contributed by atoms with Crippen molar-refractivity contribution in [2.75, 3.05) is 18.4 Å². The van der Waals surface area contributed by atoms with Gasteiger partial charge in [-0.25, -0.2) is 5.48 Å². The maximum atomic E-state index is 12.2. The second-order valence-corrected chi connectivity index (χ2v) is 6.35. The molecule has 0 aliphatic carbocycles. The Morgan fingerprint density at radius 3 is 2.23 bits per heavy atom. The summed E-state index contributed by atoms with van der Waals surface area (Å²) in [5, 5.41) is 13.8. The fourth-order valence-electron chi connectivity index (χ4n) is 2.48. The van der Waals surface area contributed by atoms with E-state index >= 15 is 0 Å². The molecule has 2 aromatic rings. The van der Waals surface area contributed by atoms with E-state index in [4.69, 9.17) is 16.7 Å². The molecule has 156 valence electrons. The predicted octanol–water partition coefficient (Wildman–Crippen LogP) is -0.145. The van der Waals surface area contributed by atoms with Gasteiger partial charge in [0.05, 0.1) is 6.54 Å². The van der Waals surface area contributed by atoms with Crippen LogP contribution in [0.1, 0.15) is 27.0 Å². The maximum absolute atomic E-state index is 12.2. The van der Waals surface area contributed by atoms with Crippen LogP contribution in [0.5, 0.6) is 0 Å². The van der Waals surface area contributed by atoms with E-state index in [-0.39, 0.29) is 19.0 Å². The highest BCUT2D eigenvalue weighted by atomic mass is 16.5. The number of carbonyl (C=O) groups is 3. The van der Waals surface area contributed by atoms with Crippen molar-refractivity contribution in [1.82, 2.24) is 10.8 Å². The van der Waals surface area contributed by atoms with E-state index in [0.29, 0.717) is 16.8 Å². The Kier molecular flexibility index (Phi) is 8.08. The molecule has 0 heterocycles. The smallest absolute Gasteiger partial charge is 0.267 e. The molecule has 3 amide bonds. The Hall–Kier alpha value is -3.71. The van der Waals surface area contributed by atoms with Gasteiger partial charge in [0.25, 0.3) is 11.8 Å². The summed E-state index contributed by atoms with van der Waals surface area (Å²) < 4.78 is 0. The fraction of sp³-hybridized carbons (Fsp3) is 0.190. The van der Waals surface area contributed by atoms with Crippen LogP contribution in [0.2, 0.25) is 0 Å². The molecule has 0 spiro atoms. The van der Waals surface area contributed by atoms with Gasteiger partial charge < -0.3 is 22.1 Å². The molecule has 2 rings (SSSR count). The lowest BCUT2D eigenvalue weighted by Gasteiger charge is -2.14. The summed E-state index contributed by atoms with van der Waals surface area (Å²) in [7, 11) is 0. The van der Waals surface area contributed by atoms with Gasteiger partial charge in [-0.15, -0.1) is 0 Å². The minimum absolute atomic E-state index is 0.0868. The molecule has 0 unspecified atom stereocenters. The SMILES string of the molecule is Cc1cc(C#Cc2ccc(C(=O)N[C@@H](CN)C(=O)NO)cc2)ccc1NC(=O)CN. The topological polar surface area (TPSA) is 160 Å². The molecular formula is C21H23N5O4. The zero-order chi connectivity index (χ0) is 22.1. The lowest BCUT2D eigenvalue weighted by Crippen LogP contribution is -2.50. The molecule has 30 heavy (non-hydrogen) atoms. The molecule has 2 aromatic carbocycles. The van der Waals surface area contributed by atoms with Crippen LogP contribution in [0, 0.1) is 18.8 Å². The molecule has 0 aliphatic heterocycles. The van der Waals surface area contributed by atoms with Gasteiger partial charge in [0, 0.05) is 28.9 Å². The molecular weight excluding hydrogens is 386 g/mol. The van der Waals surface area contributed by atoms with Crippen molar-refractivity contribution in [2.45, 2.75) is 13.0 Å². The summed E-state index contributed by atoms with van der Waals surface area (Å²) in [6.07, 6.45) is 0. The van der Waals surface area contributed by atoms with Crippen LogP contribution in [0.15, 0.2) is 42.5 Å². The van der Waals surface area contributed by atoms with Crippen molar-refractivity contribution in [3.8, 4) is 11.8 Å².